The van der Waals surface area contributed by atoms with Gasteiger partial charge in [-0.1, -0.05) is 41.3 Å². The van der Waals surface area contributed by atoms with Crippen molar-refractivity contribution in [3.63, 3.8) is 0 Å². The number of ether oxygens (including phenoxy) is 1. The molecule has 2 amide bonds. The fraction of sp³-hybridized carbons (Fsp3) is 0.444. The third-order valence-electron chi connectivity index (χ3n) is 4.20. The van der Waals surface area contributed by atoms with Gasteiger partial charge in [0, 0.05) is 31.0 Å². The zero-order valence-electron chi connectivity index (χ0n) is 15.3. The summed E-state index contributed by atoms with van der Waals surface area (Å²) in [6.07, 6.45) is 0.203. The summed E-state index contributed by atoms with van der Waals surface area (Å²) < 4.78 is 6.07. The largest absolute Gasteiger partial charge is 0.381 e. The normalized spacial score (nSPS) is 16.7. The maximum atomic E-state index is 12.6. The van der Waals surface area contributed by atoms with Gasteiger partial charge in [0.2, 0.25) is 16.9 Å². The number of aromatic nitrogens is 2. The van der Waals surface area contributed by atoms with Crippen LogP contribution in [0.3, 0.4) is 0 Å². The average Bonchev–Trinajstić information content (AvgIpc) is 3.26. The van der Waals surface area contributed by atoms with Crippen LogP contribution in [0.1, 0.15) is 18.9 Å². The van der Waals surface area contributed by atoms with Gasteiger partial charge in [-0.2, -0.15) is 0 Å². The lowest BCUT2D eigenvalue weighted by atomic mass is 10.1. The van der Waals surface area contributed by atoms with Crippen molar-refractivity contribution in [1.29, 1.82) is 0 Å². The summed E-state index contributed by atoms with van der Waals surface area (Å²) in [6.45, 7) is 5.64. The fourth-order valence-corrected chi connectivity index (χ4v) is 4.52. The van der Waals surface area contributed by atoms with Gasteiger partial charge in [-0.3, -0.25) is 9.59 Å². The molecule has 1 fully saturated rings. The SMILES string of the molecule is CCOCCSc1nnc(NC(=O)[C@@H]2CC(=O)N(c3ccccc3C)C2)s1. The maximum absolute atomic E-state index is 12.6. The monoisotopic (exact) mass is 406 g/mol. The number of carbonyl (C=O) groups excluding carboxylic acids is 2. The van der Waals surface area contributed by atoms with E-state index in [0.717, 1.165) is 21.3 Å². The van der Waals surface area contributed by atoms with E-state index in [4.69, 9.17) is 4.74 Å². The van der Waals surface area contributed by atoms with Gasteiger partial charge in [-0.05, 0) is 25.5 Å². The van der Waals surface area contributed by atoms with Gasteiger partial charge >= 0.3 is 0 Å². The van der Waals surface area contributed by atoms with Crippen LogP contribution in [0.5, 0.6) is 0 Å². The minimum absolute atomic E-state index is 0.0334. The number of nitrogens with one attached hydrogen (secondary N) is 1. The van der Waals surface area contributed by atoms with Crippen molar-refractivity contribution in [3.8, 4) is 0 Å². The first-order valence-corrected chi connectivity index (χ1v) is 10.6. The third kappa shape index (κ3) is 5.06. The standard InChI is InChI=1S/C18H22N4O3S2/c1-3-25-8-9-26-18-21-20-17(27-18)19-16(24)13-10-15(23)22(11-13)14-7-5-4-6-12(14)2/h4-7,13H,3,8-11H2,1-2H3,(H,19,20,24)/t13-/m1/s1. The highest BCUT2D eigenvalue weighted by atomic mass is 32.2. The van der Waals surface area contributed by atoms with E-state index < -0.39 is 5.92 Å². The topological polar surface area (TPSA) is 84.4 Å². The van der Waals surface area contributed by atoms with E-state index >= 15 is 0 Å². The number of thioether (sulfide) groups is 1. The molecule has 27 heavy (non-hydrogen) atoms. The number of hydrogen-bond acceptors (Lipinski definition) is 7. The first kappa shape index (κ1) is 19.8. The quantitative estimate of drug-likeness (QED) is 0.412. The Morgan fingerprint density at radius 1 is 1.41 bits per heavy atom. The summed E-state index contributed by atoms with van der Waals surface area (Å²) in [7, 11) is 0. The molecule has 1 atom stereocenters. The molecule has 0 saturated carbocycles. The Kier molecular flexibility index (Phi) is 6.81. The van der Waals surface area contributed by atoms with Crippen molar-refractivity contribution in [2.24, 2.45) is 5.92 Å². The number of carbonyl (C=O) groups is 2. The minimum atomic E-state index is -0.393. The van der Waals surface area contributed by atoms with E-state index in [0.29, 0.717) is 24.9 Å². The van der Waals surface area contributed by atoms with Crippen molar-refractivity contribution < 1.29 is 14.3 Å². The van der Waals surface area contributed by atoms with Gasteiger partial charge in [-0.15, -0.1) is 10.2 Å². The van der Waals surface area contributed by atoms with Gasteiger partial charge in [0.25, 0.3) is 0 Å². The number of para-hydroxylation sites is 1. The van der Waals surface area contributed by atoms with Crippen molar-refractivity contribution in [2.45, 2.75) is 24.6 Å². The second kappa shape index (κ2) is 9.29. The van der Waals surface area contributed by atoms with Gasteiger partial charge in [-0.25, -0.2) is 0 Å². The number of benzene rings is 1. The molecule has 0 radical (unpaired) electrons. The predicted molar refractivity (Wildman–Crippen MR) is 107 cm³/mol. The highest BCUT2D eigenvalue weighted by Crippen LogP contribution is 2.29. The van der Waals surface area contributed by atoms with Crippen molar-refractivity contribution >= 4 is 45.7 Å². The minimum Gasteiger partial charge on any atom is -0.381 e. The molecule has 3 rings (SSSR count). The highest BCUT2D eigenvalue weighted by molar-refractivity contribution is 8.01. The molecule has 1 N–H and O–H groups in total. The van der Waals surface area contributed by atoms with Crippen molar-refractivity contribution in [3.05, 3.63) is 29.8 Å². The highest BCUT2D eigenvalue weighted by Gasteiger charge is 2.35. The summed E-state index contributed by atoms with van der Waals surface area (Å²) >= 11 is 2.88. The second-order valence-electron chi connectivity index (χ2n) is 6.10. The lowest BCUT2D eigenvalue weighted by molar-refractivity contribution is -0.122. The predicted octanol–water partition coefficient (Wildman–Crippen LogP) is 2.97. The Labute approximate surface area is 166 Å². The van der Waals surface area contributed by atoms with Crippen LogP contribution < -0.4 is 10.2 Å². The zero-order chi connectivity index (χ0) is 19.2. The Morgan fingerprint density at radius 2 is 2.22 bits per heavy atom. The number of aryl methyl sites for hydroxylation is 1. The molecular weight excluding hydrogens is 384 g/mol. The first-order chi connectivity index (χ1) is 13.1. The third-order valence-corrected chi connectivity index (χ3v) is 6.13. The van der Waals surface area contributed by atoms with Gasteiger partial charge in [0.05, 0.1) is 12.5 Å². The van der Waals surface area contributed by atoms with E-state index in [9.17, 15) is 9.59 Å². The Bertz CT molecular complexity index is 811. The Hall–Kier alpha value is -1.97. The van der Waals surface area contributed by atoms with Crippen LogP contribution in [0.4, 0.5) is 10.8 Å². The van der Waals surface area contributed by atoms with Crippen molar-refractivity contribution in [1.82, 2.24) is 10.2 Å². The van der Waals surface area contributed by atoms with Crippen LogP contribution in [-0.2, 0) is 14.3 Å². The molecule has 0 spiro atoms. The molecule has 1 saturated heterocycles. The van der Waals surface area contributed by atoms with E-state index in [-0.39, 0.29) is 18.2 Å². The molecule has 7 nitrogen and oxygen atoms in total. The average molecular weight is 407 g/mol. The lowest BCUT2D eigenvalue weighted by Gasteiger charge is -2.18. The van der Waals surface area contributed by atoms with E-state index in [2.05, 4.69) is 15.5 Å². The Balaban J connectivity index is 1.55. The molecule has 0 bridgehead atoms. The molecule has 1 aromatic heterocycles. The summed E-state index contributed by atoms with van der Waals surface area (Å²) in [5, 5.41) is 11.3. The first-order valence-electron chi connectivity index (χ1n) is 8.79. The van der Waals surface area contributed by atoms with Gasteiger partial charge in [0.1, 0.15) is 0 Å². The summed E-state index contributed by atoms with van der Waals surface area (Å²) in [6, 6.07) is 7.70. The molecule has 1 aliphatic rings. The number of amides is 2. The summed E-state index contributed by atoms with van der Waals surface area (Å²) in [4.78, 5) is 26.6. The van der Waals surface area contributed by atoms with Crippen LogP contribution in [0.2, 0.25) is 0 Å². The molecular formula is C18H22N4O3S2. The molecule has 9 heteroatoms. The van der Waals surface area contributed by atoms with Gasteiger partial charge in [0.15, 0.2) is 4.34 Å². The molecule has 1 aliphatic heterocycles. The lowest BCUT2D eigenvalue weighted by Crippen LogP contribution is -2.28. The van der Waals surface area contributed by atoms with E-state index in [1.165, 1.54) is 11.3 Å². The maximum Gasteiger partial charge on any atom is 0.231 e. The Morgan fingerprint density at radius 3 is 3.00 bits per heavy atom. The van der Waals surface area contributed by atoms with Crippen LogP contribution >= 0.6 is 23.1 Å². The molecule has 2 aromatic rings. The van der Waals surface area contributed by atoms with Crippen LogP contribution in [0, 0.1) is 12.8 Å². The summed E-state index contributed by atoms with van der Waals surface area (Å²) in [5.74, 6) is 0.171. The van der Waals surface area contributed by atoms with Crippen LogP contribution in [0.15, 0.2) is 28.6 Å². The number of hydrogen-bond donors (Lipinski definition) is 1. The zero-order valence-corrected chi connectivity index (χ0v) is 16.9. The molecule has 2 heterocycles. The molecule has 1 aromatic carbocycles. The van der Waals surface area contributed by atoms with Gasteiger partial charge < -0.3 is 15.0 Å². The number of rotatable bonds is 8. The second-order valence-corrected chi connectivity index (χ2v) is 8.42. The summed E-state index contributed by atoms with van der Waals surface area (Å²) in [5.41, 5.74) is 1.88. The molecule has 144 valence electrons. The smallest absolute Gasteiger partial charge is 0.231 e. The molecule has 0 aliphatic carbocycles. The number of nitrogens with zero attached hydrogens (tertiary/aromatic N) is 3. The number of anilines is 2. The molecule has 0 unspecified atom stereocenters. The fourth-order valence-electron chi connectivity index (χ4n) is 2.84. The van der Waals surface area contributed by atoms with Crippen molar-refractivity contribution in [2.75, 3.05) is 35.7 Å². The van der Waals surface area contributed by atoms with Crippen LogP contribution in [-0.4, -0.2) is 47.5 Å². The van der Waals surface area contributed by atoms with Crippen LogP contribution in [0.25, 0.3) is 0 Å². The van der Waals surface area contributed by atoms with E-state index in [1.54, 1.807) is 16.7 Å². The van der Waals surface area contributed by atoms with E-state index in [1.807, 2.05) is 38.1 Å².